The number of nitrogens with one attached hydrogen (secondary N) is 1. The molecule has 6 heteroatoms. The van der Waals surface area contributed by atoms with E-state index < -0.39 is 5.60 Å². The van der Waals surface area contributed by atoms with Gasteiger partial charge in [0.2, 0.25) is 0 Å². The first kappa shape index (κ1) is 17.1. The van der Waals surface area contributed by atoms with Crippen molar-refractivity contribution in [2.24, 2.45) is 0 Å². The van der Waals surface area contributed by atoms with Gasteiger partial charge in [-0.15, -0.1) is 12.4 Å². The molecule has 1 N–H and O–H groups in total. The number of ether oxygens (including phenoxy) is 1. The Balaban J connectivity index is 0.00000200. The molecule has 1 saturated heterocycles. The third kappa shape index (κ3) is 4.27. The average molecular weight is 319 g/mol. The lowest BCUT2D eigenvalue weighted by molar-refractivity contribution is -0.146. The average Bonchev–Trinajstić information content (AvgIpc) is 2.38. The van der Waals surface area contributed by atoms with Gasteiger partial charge in [0, 0.05) is 31.2 Å². The molecular weight excluding hydrogens is 299 g/mol. The maximum absolute atomic E-state index is 12.4. The van der Waals surface area contributed by atoms with Crippen LogP contribution in [0.5, 0.6) is 5.75 Å². The summed E-state index contributed by atoms with van der Waals surface area (Å²) >= 11 is 5.92. The summed E-state index contributed by atoms with van der Waals surface area (Å²) in [5.74, 6) is 0.620. The summed E-state index contributed by atoms with van der Waals surface area (Å²) in [5, 5.41) is 3.83. The highest BCUT2D eigenvalue weighted by atomic mass is 35.5. The second-order valence-electron chi connectivity index (χ2n) is 5.11. The predicted molar refractivity (Wildman–Crippen MR) is 82.9 cm³/mol. The molecule has 1 aromatic carbocycles. The Morgan fingerprint density at radius 1 is 1.35 bits per heavy atom. The molecule has 0 unspecified atom stereocenters. The van der Waals surface area contributed by atoms with Crippen LogP contribution in [-0.2, 0) is 4.79 Å². The van der Waals surface area contributed by atoms with E-state index in [4.69, 9.17) is 16.3 Å². The Morgan fingerprint density at radius 3 is 2.60 bits per heavy atom. The van der Waals surface area contributed by atoms with Gasteiger partial charge in [0.1, 0.15) is 5.75 Å². The summed E-state index contributed by atoms with van der Waals surface area (Å²) in [5.41, 5.74) is -0.887. The minimum absolute atomic E-state index is 0. The van der Waals surface area contributed by atoms with Crippen LogP contribution in [0.25, 0.3) is 0 Å². The highest BCUT2D eigenvalue weighted by Gasteiger charge is 2.34. The van der Waals surface area contributed by atoms with Crippen molar-refractivity contribution in [3.05, 3.63) is 29.3 Å². The molecule has 1 amide bonds. The molecule has 1 heterocycles. The third-order valence-corrected chi connectivity index (χ3v) is 3.32. The van der Waals surface area contributed by atoms with Gasteiger partial charge in [0.25, 0.3) is 5.91 Å². The van der Waals surface area contributed by atoms with E-state index in [1.165, 1.54) is 0 Å². The number of halogens is 2. The summed E-state index contributed by atoms with van der Waals surface area (Å²) < 4.78 is 5.80. The van der Waals surface area contributed by atoms with E-state index in [-0.39, 0.29) is 18.3 Å². The van der Waals surface area contributed by atoms with Crippen LogP contribution in [0.15, 0.2) is 24.3 Å². The number of carbonyl (C=O) groups is 1. The van der Waals surface area contributed by atoms with Crippen molar-refractivity contribution in [1.82, 2.24) is 10.2 Å². The lowest BCUT2D eigenvalue weighted by Crippen LogP contribution is -2.54. The molecule has 0 bridgehead atoms. The molecule has 1 aliphatic heterocycles. The minimum Gasteiger partial charge on any atom is -0.478 e. The summed E-state index contributed by atoms with van der Waals surface area (Å²) in [6.45, 7) is 6.69. The van der Waals surface area contributed by atoms with Gasteiger partial charge < -0.3 is 15.0 Å². The number of hydrogen-bond acceptors (Lipinski definition) is 3. The van der Waals surface area contributed by atoms with Gasteiger partial charge in [-0.05, 0) is 32.0 Å². The largest absolute Gasteiger partial charge is 0.478 e. The van der Waals surface area contributed by atoms with Gasteiger partial charge in [-0.3, -0.25) is 4.79 Å². The van der Waals surface area contributed by atoms with Crippen LogP contribution < -0.4 is 10.1 Å². The highest BCUT2D eigenvalue weighted by Crippen LogP contribution is 2.23. The molecule has 0 aliphatic carbocycles. The number of rotatable bonds is 3. The molecule has 112 valence electrons. The van der Waals surface area contributed by atoms with Gasteiger partial charge in [0.15, 0.2) is 5.60 Å². The normalized spacial score (nSPS) is 15.4. The summed E-state index contributed by atoms with van der Waals surface area (Å²) in [6, 6.07) is 7.11. The SMILES string of the molecule is CC(C)(Oc1cccc(Cl)c1)C(=O)N1CCNCC1.Cl. The van der Waals surface area contributed by atoms with Gasteiger partial charge in [-0.2, -0.15) is 0 Å². The van der Waals surface area contributed by atoms with Crippen molar-refractivity contribution in [2.75, 3.05) is 26.2 Å². The Labute approximate surface area is 130 Å². The van der Waals surface area contributed by atoms with Crippen molar-refractivity contribution in [3.8, 4) is 5.75 Å². The fraction of sp³-hybridized carbons (Fsp3) is 0.500. The zero-order valence-corrected chi connectivity index (χ0v) is 13.3. The molecule has 0 atom stereocenters. The van der Waals surface area contributed by atoms with Crippen LogP contribution >= 0.6 is 24.0 Å². The molecule has 0 aromatic heterocycles. The highest BCUT2D eigenvalue weighted by molar-refractivity contribution is 6.30. The van der Waals surface area contributed by atoms with Gasteiger partial charge >= 0.3 is 0 Å². The van der Waals surface area contributed by atoms with Crippen LogP contribution in [-0.4, -0.2) is 42.6 Å². The van der Waals surface area contributed by atoms with Gasteiger partial charge in [-0.25, -0.2) is 0 Å². The van der Waals surface area contributed by atoms with Gasteiger partial charge in [-0.1, -0.05) is 17.7 Å². The molecule has 0 radical (unpaired) electrons. The number of hydrogen-bond donors (Lipinski definition) is 1. The molecule has 1 aromatic rings. The number of amides is 1. The number of benzene rings is 1. The maximum Gasteiger partial charge on any atom is 0.266 e. The second-order valence-corrected chi connectivity index (χ2v) is 5.55. The molecule has 1 fully saturated rings. The van der Waals surface area contributed by atoms with E-state index in [2.05, 4.69) is 5.32 Å². The molecular formula is C14H20Cl2N2O2. The number of nitrogens with zero attached hydrogens (tertiary/aromatic N) is 1. The van der Waals surface area contributed by atoms with Crippen LogP contribution in [0.1, 0.15) is 13.8 Å². The van der Waals surface area contributed by atoms with E-state index in [0.29, 0.717) is 10.8 Å². The van der Waals surface area contributed by atoms with Crippen molar-refractivity contribution in [1.29, 1.82) is 0 Å². The molecule has 1 aliphatic rings. The number of carbonyl (C=O) groups excluding carboxylic acids is 1. The molecule has 2 rings (SSSR count). The zero-order chi connectivity index (χ0) is 13.9. The monoisotopic (exact) mass is 318 g/mol. The van der Waals surface area contributed by atoms with E-state index >= 15 is 0 Å². The van der Waals surface area contributed by atoms with Gasteiger partial charge in [0.05, 0.1) is 0 Å². The van der Waals surface area contributed by atoms with Crippen molar-refractivity contribution in [3.63, 3.8) is 0 Å². The Hall–Kier alpha value is -0.970. The summed E-state index contributed by atoms with van der Waals surface area (Å²) in [7, 11) is 0. The van der Waals surface area contributed by atoms with E-state index in [1.807, 2.05) is 11.0 Å². The standard InChI is InChI=1S/C14H19ClN2O2.ClH/c1-14(2,13(18)17-8-6-16-7-9-17)19-12-5-3-4-11(15)10-12;/h3-5,10,16H,6-9H2,1-2H3;1H. The molecule has 0 saturated carbocycles. The first-order valence-corrected chi connectivity index (χ1v) is 6.81. The van der Waals surface area contributed by atoms with E-state index in [0.717, 1.165) is 26.2 Å². The second kappa shape index (κ2) is 7.16. The fourth-order valence-electron chi connectivity index (χ4n) is 2.12. The Bertz CT molecular complexity index is 460. The summed E-state index contributed by atoms with van der Waals surface area (Å²) in [6.07, 6.45) is 0. The smallest absolute Gasteiger partial charge is 0.266 e. The van der Waals surface area contributed by atoms with E-state index in [9.17, 15) is 4.79 Å². The quantitative estimate of drug-likeness (QED) is 0.930. The lowest BCUT2D eigenvalue weighted by Gasteiger charge is -2.34. The lowest BCUT2D eigenvalue weighted by atomic mass is 10.1. The fourth-order valence-corrected chi connectivity index (χ4v) is 2.30. The van der Waals surface area contributed by atoms with Crippen molar-refractivity contribution >= 4 is 29.9 Å². The maximum atomic E-state index is 12.4. The Kier molecular flexibility index (Phi) is 6.11. The first-order valence-electron chi connectivity index (χ1n) is 6.44. The van der Waals surface area contributed by atoms with Crippen molar-refractivity contribution < 1.29 is 9.53 Å². The predicted octanol–water partition coefficient (Wildman–Crippen LogP) is 2.35. The summed E-state index contributed by atoms with van der Waals surface area (Å²) in [4.78, 5) is 14.3. The van der Waals surface area contributed by atoms with Crippen LogP contribution in [0.3, 0.4) is 0 Å². The topological polar surface area (TPSA) is 41.6 Å². The van der Waals surface area contributed by atoms with E-state index in [1.54, 1.807) is 32.0 Å². The van der Waals surface area contributed by atoms with Crippen molar-refractivity contribution in [2.45, 2.75) is 19.4 Å². The Morgan fingerprint density at radius 2 is 2.00 bits per heavy atom. The third-order valence-electron chi connectivity index (χ3n) is 3.09. The zero-order valence-electron chi connectivity index (χ0n) is 11.7. The molecule has 4 nitrogen and oxygen atoms in total. The number of piperazine rings is 1. The molecule has 20 heavy (non-hydrogen) atoms. The van der Waals surface area contributed by atoms with Crippen LogP contribution in [0.4, 0.5) is 0 Å². The minimum atomic E-state index is -0.887. The van der Waals surface area contributed by atoms with Crippen LogP contribution in [0.2, 0.25) is 5.02 Å². The first-order chi connectivity index (χ1) is 8.99. The van der Waals surface area contributed by atoms with Crippen LogP contribution in [0, 0.1) is 0 Å². The molecule has 0 spiro atoms.